The van der Waals surface area contributed by atoms with Crippen LogP contribution < -0.4 is 5.32 Å². The first kappa shape index (κ1) is 16.4. The van der Waals surface area contributed by atoms with Crippen LogP contribution in [-0.4, -0.2) is 27.5 Å². The van der Waals surface area contributed by atoms with E-state index in [4.69, 9.17) is 8.94 Å². The summed E-state index contributed by atoms with van der Waals surface area (Å²) in [4.78, 5) is 26.1. The summed E-state index contributed by atoms with van der Waals surface area (Å²) in [6.07, 6.45) is 0. The molecule has 1 amide bonds. The first-order valence-electron chi connectivity index (χ1n) is 7.46. The lowest BCUT2D eigenvalue weighted by Gasteiger charge is -2.07. The zero-order chi connectivity index (χ0) is 17.8. The Labute approximate surface area is 141 Å². The Balaban J connectivity index is 1.60. The number of hydrogen-bond donors (Lipinski definition) is 1. The molecule has 1 aromatic carbocycles. The van der Waals surface area contributed by atoms with E-state index in [1.807, 2.05) is 37.3 Å². The topological polar surface area (TPSA) is 124 Å². The maximum atomic E-state index is 11.9. The number of aromatic nitrogens is 2. The maximum Gasteiger partial charge on any atom is 0.433 e. The van der Waals surface area contributed by atoms with Crippen LogP contribution in [0.3, 0.4) is 0 Å². The normalized spacial score (nSPS) is 11.9. The maximum absolute atomic E-state index is 11.9. The number of furan rings is 1. The van der Waals surface area contributed by atoms with Gasteiger partial charge < -0.3 is 14.3 Å². The van der Waals surface area contributed by atoms with E-state index in [9.17, 15) is 14.9 Å². The van der Waals surface area contributed by atoms with E-state index in [0.29, 0.717) is 11.7 Å². The van der Waals surface area contributed by atoms with Gasteiger partial charge in [0.2, 0.25) is 11.7 Å². The molecule has 9 nitrogen and oxygen atoms in total. The largest absolute Gasteiger partial charge is 0.433 e. The molecule has 0 radical (unpaired) electrons. The third kappa shape index (κ3) is 3.71. The minimum absolute atomic E-state index is 0.130. The quantitative estimate of drug-likeness (QED) is 0.539. The number of nitrogens with zero attached hydrogens (tertiary/aromatic N) is 3. The van der Waals surface area contributed by atoms with Gasteiger partial charge in [0.1, 0.15) is 4.92 Å². The van der Waals surface area contributed by atoms with Crippen molar-refractivity contribution < 1.29 is 18.7 Å². The van der Waals surface area contributed by atoms with Crippen molar-refractivity contribution in [3.8, 4) is 11.4 Å². The van der Waals surface area contributed by atoms with Crippen LogP contribution in [0.5, 0.6) is 0 Å². The van der Waals surface area contributed by atoms with Gasteiger partial charge in [-0.25, -0.2) is 0 Å². The van der Waals surface area contributed by atoms with Gasteiger partial charge in [-0.15, -0.1) is 0 Å². The second-order valence-corrected chi connectivity index (χ2v) is 5.33. The van der Waals surface area contributed by atoms with Crippen LogP contribution in [0.1, 0.15) is 29.3 Å². The average molecular weight is 342 g/mol. The van der Waals surface area contributed by atoms with E-state index in [1.54, 1.807) is 0 Å². The number of benzene rings is 1. The Morgan fingerprint density at radius 3 is 2.72 bits per heavy atom. The second-order valence-electron chi connectivity index (χ2n) is 5.33. The Morgan fingerprint density at radius 2 is 2.04 bits per heavy atom. The molecule has 0 aliphatic carbocycles. The number of hydrogen-bond acceptors (Lipinski definition) is 7. The fourth-order valence-electron chi connectivity index (χ4n) is 2.11. The number of nitro groups is 1. The number of nitrogens with one attached hydrogen (secondary N) is 1. The summed E-state index contributed by atoms with van der Waals surface area (Å²) in [6, 6.07) is 11.7. The van der Waals surface area contributed by atoms with Gasteiger partial charge in [0, 0.05) is 12.1 Å². The molecule has 0 saturated carbocycles. The van der Waals surface area contributed by atoms with E-state index < -0.39 is 16.7 Å². The highest BCUT2D eigenvalue weighted by molar-refractivity contribution is 5.91. The zero-order valence-electron chi connectivity index (χ0n) is 13.2. The lowest BCUT2D eigenvalue weighted by molar-refractivity contribution is -0.402. The molecule has 0 unspecified atom stereocenters. The van der Waals surface area contributed by atoms with Gasteiger partial charge >= 0.3 is 5.88 Å². The van der Waals surface area contributed by atoms with Gasteiger partial charge in [0.05, 0.1) is 12.0 Å². The van der Waals surface area contributed by atoms with E-state index in [0.717, 1.165) is 11.6 Å². The van der Waals surface area contributed by atoms with E-state index in [-0.39, 0.29) is 18.2 Å². The summed E-state index contributed by atoms with van der Waals surface area (Å²) >= 11 is 0. The first-order chi connectivity index (χ1) is 12.0. The van der Waals surface area contributed by atoms with Crippen molar-refractivity contribution in [3.63, 3.8) is 0 Å². The monoisotopic (exact) mass is 342 g/mol. The molecule has 25 heavy (non-hydrogen) atoms. The molecular weight excluding hydrogens is 328 g/mol. The SMILES string of the molecule is C[C@H](CNC(=O)c1ccc([N+](=O)[O-])o1)c1nc(-c2ccccc2)no1. The van der Waals surface area contributed by atoms with Crippen molar-refractivity contribution >= 4 is 11.8 Å². The molecule has 0 fully saturated rings. The van der Waals surface area contributed by atoms with Gasteiger partial charge in [-0.3, -0.25) is 14.9 Å². The molecule has 128 valence electrons. The van der Waals surface area contributed by atoms with Crippen LogP contribution in [0, 0.1) is 10.1 Å². The number of rotatable bonds is 6. The summed E-state index contributed by atoms with van der Waals surface area (Å²) in [7, 11) is 0. The molecule has 9 heteroatoms. The van der Waals surface area contributed by atoms with Crippen molar-refractivity contribution in [2.75, 3.05) is 6.54 Å². The zero-order valence-corrected chi connectivity index (χ0v) is 13.2. The van der Waals surface area contributed by atoms with Crippen LogP contribution >= 0.6 is 0 Å². The summed E-state index contributed by atoms with van der Waals surface area (Å²) in [5.74, 6) is -0.557. The molecule has 1 N–H and O–H groups in total. The highest BCUT2D eigenvalue weighted by Crippen LogP contribution is 2.19. The van der Waals surface area contributed by atoms with Crippen molar-refractivity contribution in [1.29, 1.82) is 0 Å². The summed E-state index contributed by atoms with van der Waals surface area (Å²) in [6.45, 7) is 2.02. The number of carbonyl (C=O) groups is 1. The van der Waals surface area contributed by atoms with E-state index >= 15 is 0 Å². The van der Waals surface area contributed by atoms with Gasteiger partial charge in [0.25, 0.3) is 5.91 Å². The fourth-order valence-corrected chi connectivity index (χ4v) is 2.11. The Kier molecular flexibility index (Phi) is 4.55. The molecule has 3 aromatic rings. The molecule has 1 atom stereocenters. The van der Waals surface area contributed by atoms with Crippen LogP contribution in [0.25, 0.3) is 11.4 Å². The smallest absolute Gasteiger partial charge is 0.395 e. The highest BCUT2D eigenvalue weighted by Gasteiger charge is 2.20. The average Bonchev–Trinajstić information content (AvgIpc) is 3.29. The molecule has 0 aliphatic rings. The second kappa shape index (κ2) is 6.95. The molecule has 3 rings (SSSR count). The van der Waals surface area contributed by atoms with Gasteiger partial charge in [-0.05, 0) is 6.07 Å². The molecule has 0 spiro atoms. The summed E-state index contributed by atoms with van der Waals surface area (Å²) in [5, 5.41) is 17.1. The molecule has 2 heterocycles. The predicted molar refractivity (Wildman–Crippen MR) is 85.8 cm³/mol. The molecular formula is C16H14N4O5. The van der Waals surface area contributed by atoms with Gasteiger partial charge in [-0.2, -0.15) is 4.98 Å². The van der Waals surface area contributed by atoms with E-state index in [1.165, 1.54) is 6.07 Å². The van der Waals surface area contributed by atoms with Crippen molar-refractivity contribution in [3.05, 3.63) is 64.2 Å². The van der Waals surface area contributed by atoms with Crippen molar-refractivity contribution in [1.82, 2.24) is 15.5 Å². The number of carbonyl (C=O) groups excluding carboxylic acids is 1. The molecule has 0 saturated heterocycles. The molecule has 2 aromatic heterocycles. The Morgan fingerprint density at radius 1 is 1.28 bits per heavy atom. The summed E-state index contributed by atoms with van der Waals surface area (Å²) < 4.78 is 10.1. The number of amides is 1. The van der Waals surface area contributed by atoms with Crippen LogP contribution in [-0.2, 0) is 0 Å². The third-order valence-electron chi connectivity index (χ3n) is 3.46. The highest BCUT2D eigenvalue weighted by atomic mass is 16.6. The predicted octanol–water partition coefficient (Wildman–Crippen LogP) is 2.77. The van der Waals surface area contributed by atoms with Crippen LogP contribution in [0.4, 0.5) is 5.88 Å². The Bertz CT molecular complexity index is 887. The standard InChI is InChI=1S/C16H14N4O5/c1-10(9-17-15(21)12-7-8-13(24-12)20(22)23)16-18-14(19-25-16)11-5-3-2-4-6-11/h2-8,10H,9H2,1H3,(H,17,21)/t10-/m1/s1. The van der Waals surface area contributed by atoms with Gasteiger partial charge in [-0.1, -0.05) is 42.4 Å². The molecule has 0 bridgehead atoms. The van der Waals surface area contributed by atoms with Crippen LogP contribution in [0.2, 0.25) is 0 Å². The fraction of sp³-hybridized carbons (Fsp3) is 0.188. The van der Waals surface area contributed by atoms with E-state index in [2.05, 4.69) is 15.5 Å². The van der Waals surface area contributed by atoms with Gasteiger partial charge in [0.15, 0.2) is 5.76 Å². The first-order valence-corrected chi connectivity index (χ1v) is 7.46. The minimum atomic E-state index is -0.705. The Hall–Kier alpha value is -3.49. The van der Waals surface area contributed by atoms with Crippen molar-refractivity contribution in [2.24, 2.45) is 0 Å². The van der Waals surface area contributed by atoms with Crippen LogP contribution in [0.15, 0.2) is 51.4 Å². The summed E-state index contributed by atoms with van der Waals surface area (Å²) in [5.41, 5.74) is 0.830. The lowest BCUT2D eigenvalue weighted by atomic mass is 10.1. The lowest BCUT2D eigenvalue weighted by Crippen LogP contribution is -2.27. The minimum Gasteiger partial charge on any atom is -0.395 e. The molecule has 0 aliphatic heterocycles. The van der Waals surface area contributed by atoms with Crippen molar-refractivity contribution in [2.45, 2.75) is 12.8 Å². The third-order valence-corrected chi connectivity index (χ3v) is 3.46.